The van der Waals surface area contributed by atoms with Crippen molar-refractivity contribution in [3.8, 4) is 0 Å². The summed E-state index contributed by atoms with van der Waals surface area (Å²) in [5.74, 6) is 2.02. The van der Waals surface area contributed by atoms with Gasteiger partial charge in [0, 0.05) is 37.2 Å². The number of hydrogen-bond acceptors (Lipinski definition) is 4. The Kier molecular flexibility index (Phi) is 3.64. The van der Waals surface area contributed by atoms with Crippen LogP contribution in [0, 0.1) is 5.92 Å². The molecule has 5 nitrogen and oxygen atoms in total. The molecule has 1 atom stereocenters. The summed E-state index contributed by atoms with van der Waals surface area (Å²) in [5.41, 5.74) is 2.43. The highest BCUT2D eigenvalue weighted by molar-refractivity contribution is 7.91. The number of nitrogens with zero attached hydrogens (tertiary/aromatic N) is 2. The second-order valence-electron chi connectivity index (χ2n) is 7.39. The molecule has 6 heteroatoms. The van der Waals surface area contributed by atoms with E-state index in [4.69, 9.17) is 4.98 Å². The fraction of sp³-hybridized carbons (Fsp3) is 0.800. The molecule has 1 aromatic rings. The Bertz CT molecular complexity index is 641. The van der Waals surface area contributed by atoms with E-state index < -0.39 is 9.84 Å². The molecule has 2 aliphatic rings. The molecule has 1 unspecified atom stereocenters. The van der Waals surface area contributed by atoms with Gasteiger partial charge in [0.2, 0.25) is 0 Å². The van der Waals surface area contributed by atoms with E-state index in [0.717, 1.165) is 44.0 Å². The number of aromatic nitrogens is 2. The van der Waals surface area contributed by atoms with Crippen LogP contribution in [0.15, 0.2) is 0 Å². The summed E-state index contributed by atoms with van der Waals surface area (Å²) in [5, 5.41) is 3.37. The van der Waals surface area contributed by atoms with Crippen molar-refractivity contribution in [2.24, 2.45) is 5.92 Å². The molecule has 0 amide bonds. The zero-order valence-corrected chi connectivity index (χ0v) is 14.0. The third-order valence-corrected chi connectivity index (χ3v) is 6.26. The van der Waals surface area contributed by atoms with Gasteiger partial charge in [0.25, 0.3) is 0 Å². The van der Waals surface area contributed by atoms with Crippen LogP contribution < -0.4 is 5.32 Å². The highest BCUT2D eigenvalue weighted by Crippen LogP contribution is 2.29. The third kappa shape index (κ3) is 3.01. The van der Waals surface area contributed by atoms with Gasteiger partial charge in [-0.3, -0.25) is 0 Å². The molecule has 1 N–H and O–H groups in total. The van der Waals surface area contributed by atoms with Gasteiger partial charge in [0.1, 0.15) is 5.82 Å². The molecule has 0 saturated carbocycles. The van der Waals surface area contributed by atoms with Crippen molar-refractivity contribution < 1.29 is 8.42 Å². The molecule has 1 saturated heterocycles. The van der Waals surface area contributed by atoms with Crippen LogP contribution >= 0.6 is 0 Å². The standard InChI is InChI=1S/C15H25N3O2S/c1-15(2,3)14-17-12-8-16-6-4-13(12)18(14)9-11-5-7-21(19,20)10-11/h11,16H,4-10H2,1-3H3. The van der Waals surface area contributed by atoms with E-state index in [1.165, 1.54) is 5.69 Å². The smallest absolute Gasteiger partial charge is 0.150 e. The van der Waals surface area contributed by atoms with Crippen LogP contribution in [0.4, 0.5) is 0 Å². The number of hydrogen-bond donors (Lipinski definition) is 1. The molecule has 0 aliphatic carbocycles. The minimum atomic E-state index is -2.81. The quantitative estimate of drug-likeness (QED) is 0.893. The first-order valence-corrected chi connectivity index (χ1v) is 9.58. The topological polar surface area (TPSA) is 64.0 Å². The second-order valence-corrected chi connectivity index (χ2v) is 9.61. The summed E-state index contributed by atoms with van der Waals surface area (Å²) >= 11 is 0. The van der Waals surface area contributed by atoms with E-state index in [2.05, 4.69) is 30.7 Å². The van der Waals surface area contributed by atoms with Gasteiger partial charge in [0.15, 0.2) is 9.84 Å². The van der Waals surface area contributed by atoms with Gasteiger partial charge in [-0.2, -0.15) is 0 Å². The van der Waals surface area contributed by atoms with Gasteiger partial charge >= 0.3 is 0 Å². The summed E-state index contributed by atoms with van der Waals surface area (Å²) in [4.78, 5) is 4.85. The van der Waals surface area contributed by atoms with Crippen molar-refractivity contribution in [1.29, 1.82) is 0 Å². The molecule has 0 aromatic carbocycles. The van der Waals surface area contributed by atoms with E-state index in [1.54, 1.807) is 0 Å². The number of imidazole rings is 1. The zero-order chi connectivity index (χ0) is 15.3. The maximum absolute atomic E-state index is 11.7. The molecule has 0 radical (unpaired) electrons. The maximum Gasteiger partial charge on any atom is 0.150 e. The summed E-state index contributed by atoms with van der Waals surface area (Å²) < 4.78 is 25.7. The summed E-state index contributed by atoms with van der Waals surface area (Å²) in [7, 11) is -2.81. The molecule has 0 spiro atoms. The Balaban J connectivity index is 1.94. The van der Waals surface area contributed by atoms with Crippen LogP contribution in [0.2, 0.25) is 0 Å². The van der Waals surface area contributed by atoms with Crippen molar-refractivity contribution in [2.45, 2.75) is 52.1 Å². The SMILES string of the molecule is CC(C)(C)c1nc2c(n1CC1CCS(=O)(=O)C1)CCNC2. The fourth-order valence-corrected chi connectivity index (χ4v) is 5.26. The van der Waals surface area contributed by atoms with Crippen molar-refractivity contribution in [1.82, 2.24) is 14.9 Å². The largest absolute Gasteiger partial charge is 0.331 e. The van der Waals surface area contributed by atoms with E-state index in [0.29, 0.717) is 11.5 Å². The van der Waals surface area contributed by atoms with Gasteiger partial charge in [-0.25, -0.2) is 13.4 Å². The zero-order valence-electron chi connectivity index (χ0n) is 13.1. The lowest BCUT2D eigenvalue weighted by molar-refractivity contribution is 0.426. The average Bonchev–Trinajstić information content (AvgIpc) is 2.91. The normalized spacial score (nSPS) is 25.0. The lowest BCUT2D eigenvalue weighted by atomic mass is 9.95. The molecule has 118 valence electrons. The van der Waals surface area contributed by atoms with Crippen LogP contribution in [0.25, 0.3) is 0 Å². The third-order valence-electron chi connectivity index (χ3n) is 4.42. The first-order chi connectivity index (χ1) is 9.76. The predicted octanol–water partition coefficient (Wildman–Crippen LogP) is 1.26. The van der Waals surface area contributed by atoms with Crippen LogP contribution in [-0.2, 0) is 34.8 Å². The van der Waals surface area contributed by atoms with Crippen molar-refractivity contribution in [3.05, 3.63) is 17.2 Å². The van der Waals surface area contributed by atoms with Crippen LogP contribution in [0.5, 0.6) is 0 Å². The Morgan fingerprint density at radius 2 is 2.14 bits per heavy atom. The van der Waals surface area contributed by atoms with E-state index >= 15 is 0 Å². The minimum absolute atomic E-state index is 0.0190. The molecule has 1 fully saturated rings. The molecule has 21 heavy (non-hydrogen) atoms. The number of fused-ring (bicyclic) bond motifs is 1. The molecule has 3 heterocycles. The fourth-order valence-electron chi connectivity index (χ4n) is 3.41. The molecule has 1 aromatic heterocycles. The average molecular weight is 311 g/mol. The highest BCUT2D eigenvalue weighted by Gasteiger charge is 2.32. The summed E-state index contributed by atoms with van der Waals surface area (Å²) in [6.07, 6.45) is 1.77. The Morgan fingerprint density at radius 1 is 1.38 bits per heavy atom. The number of nitrogens with one attached hydrogen (secondary N) is 1. The van der Waals surface area contributed by atoms with Gasteiger partial charge in [-0.1, -0.05) is 20.8 Å². The van der Waals surface area contributed by atoms with Gasteiger partial charge in [-0.05, 0) is 12.3 Å². The monoisotopic (exact) mass is 311 g/mol. The highest BCUT2D eigenvalue weighted by atomic mass is 32.2. The molecular weight excluding hydrogens is 286 g/mol. The predicted molar refractivity (Wildman–Crippen MR) is 83.1 cm³/mol. The van der Waals surface area contributed by atoms with E-state index in [1.807, 2.05) is 0 Å². The van der Waals surface area contributed by atoms with Gasteiger partial charge in [-0.15, -0.1) is 0 Å². The molecule has 0 bridgehead atoms. The second kappa shape index (κ2) is 5.09. The Labute approximate surface area is 127 Å². The minimum Gasteiger partial charge on any atom is -0.331 e. The van der Waals surface area contributed by atoms with E-state index in [9.17, 15) is 8.42 Å². The summed E-state index contributed by atoms with van der Waals surface area (Å²) in [6, 6.07) is 0. The first-order valence-electron chi connectivity index (χ1n) is 7.76. The van der Waals surface area contributed by atoms with Gasteiger partial charge in [0.05, 0.1) is 17.2 Å². The Morgan fingerprint density at radius 3 is 2.76 bits per heavy atom. The number of rotatable bonds is 2. The van der Waals surface area contributed by atoms with E-state index in [-0.39, 0.29) is 11.3 Å². The number of sulfone groups is 1. The van der Waals surface area contributed by atoms with Crippen molar-refractivity contribution in [3.63, 3.8) is 0 Å². The van der Waals surface area contributed by atoms with Crippen molar-refractivity contribution >= 4 is 9.84 Å². The van der Waals surface area contributed by atoms with Crippen molar-refractivity contribution in [2.75, 3.05) is 18.1 Å². The Hall–Kier alpha value is -0.880. The molecular formula is C15H25N3O2S. The lowest BCUT2D eigenvalue weighted by Crippen LogP contribution is -2.27. The summed E-state index contributed by atoms with van der Waals surface area (Å²) in [6.45, 7) is 9.14. The van der Waals surface area contributed by atoms with Gasteiger partial charge < -0.3 is 9.88 Å². The lowest BCUT2D eigenvalue weighted by Gasteiger charge is -2.23. The molecule has 3 rings (SSSR count). The first kappa shape index (κ1) is 15.0. The maximum atomic E-state index is 11.7. The van der Waals surface area contributed by atoms with Crippen LogP contribution in [-0.4, -0.2) is 36.0 Å². The van der Waals surface area contributed by atoms with Crippen LogP contribution in [0.3, 0.4) is 0 Å². The molecule has 2 aliphatic heterocycles. The van der Waals surface area contributed by atoms with Crippen LogP contribution in [0.1, 0.15) is 44.4 Å².